The Bertz CT molecular complexity index is 519. The van der Waals surface area contributed by atoms with Crippen LogP contribution >= 0.6 is 0 Å². The number of carbonyl (C=O) groups excluding carboxylic acids is 1. The molecule has 23 heavy (non-hydrogen) atoms. The summed E-state index contributed by atoms with van der Waals surface area (Å²) in [4.78, 5) is 17.8. The molecule has 1 N–H and O–H groups in total. The number of alkyl halides is 3. The highest BCUT2D eigenvalue weighted by Crippen LogP contribution is 2.23. The number of likely N-dealkylation sites (tertiary alicyclic amines) is 1. The van der Waals surface area contributed by atoms with Crippen LogP contribution in [0, 0.1) is 11.8 Å². The number of hydrogen-bond donors (Lipinski definition) is 1. The highest BCUT2D eigenvalue weighted by atomic mass is 19.4. The molecule has 2 rings (SSSR count). The number of amides is 1. The maximum Gasteiger partial charge on any atom is 0.401 e. The van der Waals surface area contributed by atoms with Gasteiger partial charge in [0.2, 0.25) is 11.9 Å². The largest absolute Gasteiger partial charge is 0.401 e. The van der Waals surface area contributed by atoms with Crippen molar-refractivity contribution in [2.24, 2.45) is 11.8 Å². The van der Waals surface area contributed by atoms with Gasteiger partial charge in [-0.2, -0.15) is 13.2 Å². The molecule has 8 heteroatoms. The predicted molar refractivity (Wildman–Crippen MR) is 80.9 cm³/mol. The fourth-order valence-corrected chi connectivity index (χ4v) is 2.79. The first kappa shape index (κ1) is 17.8. The van der Waals surface area contributed by atoms with Gasteiger partial charge in [-0.05, 0) is 31.8 Å². The molecule has 1 saturated heterocycles. The molecule has 1 amide bonds. The van der Waals surface area contributed by atoms with E-state index in [1.807, 2.05) is 10.8 Å². The van der Waals surface area contributed by atoms with E-state index in [0.29, 0.717) is 24.7 Å². The van der Waals surface area contributed by atoms with Crippen molar-refractivity contribution >= 4 is 11.9 Å². The van der Waals surface area contributed by atoms with Gasteiger partial charge in [0.1, 0.15) is 0 Å². The Morgan fingerprint density at radius 3 is 2.61 bits per heavy atom. The van der Waals surface area contributed by atoms with Gasteiger partial charge in [0.15, 0.2) is 0 Å². The van der Waals surface area contributed by atoms with Crippen LogP contribution < -0.4 is 5.32 Å². The quantitative estimate of drug-likeness (QED) is 0.902. The molecule has 2 heterocycles. The first-order valence-corrected chi connectivity index (χ1v) is 7.85. The normalized spacial score (nSPS) is 17.7. The predicted octanol–water partition coefficient (Wildman–Crippen LogP) is 2.75. The zero-order chi connectivity index (χ0) is 17.0. The average Bonchev–Trinajstić information content (AvgIpc) is 2.84. The minimum Gasteiger partial charge on any atom is -0.317 e. The smallest absolute Gasteiger partial charge is 0.317 e. The minimum absolute atomic E-state index is 0.159. The van der Waals surface area contributed by atoms with Crippen LogP contribution in [-0.2, 0) is 11.3 Å². The van der Waals surface area contributed by atoms with E-state index < -0.39 is 12.7 Å². The van der Waals surface area contributed by atoms with Crippen molar-refractivity contribution in [1.82, 2.24) is 14.5 Å². The van der Waals surface area contributed by atoms with Gasteiger partial charge in [-0.1, -0.05) is 13.8 Å². The second-order valence-electron chi connectivity index (χ2n) is 6.45. The molecule has 0 aromatic carbocycles. The highest BCUT2D eigenvalue weighted by molar-refractivity contribution is 5.91. The summed E-state index contributed by atoms with van der Waals surface area (Å²) in [7, 11) is 0. The lowest BCUT2D eigenvalue weighted by Gasteiger charge is -2.31. The first-order chi connectivity index (χ1) is 10.7. The molecule has 130 valence electrons. The molecule has 0 spiro atoms. The summed E-state index contributed by atoms with van der Waals surface area (Å²) in [5.41, 5.74) is 0. The number of nitrogens with one attached hydrogen (secondary N) is 1. The van der Waals surface area contributed by atoms with Crippen LogP contribution in [-0.4, -0.2) is 46.2 Å². The van der Waals surface area contributed by atoms with Crippen molar-refractivity contribution in [1.29, 1.82) is 0 Å². The number of nitrogens with zero attached hydrogens (tertiary/aromatic N) is 3. The van der Waals surface area contributed by atoms with E-state index in [1.54, 1.807) is 6.20 Å². The molecule has 0 aliphatic carbocycles. The molecular weight excluding hydrogens is 309 g/mol. The van der Waals surface area contributed by atoms with Crippen LogP contribution in [0.1, 0.15) is 26.7 Å². The summed E-state index contributed by atoms with van der Waals surface area (Å²) in [5, 5.41) is 2.80. The molecule has 1 aliphatic heterocycles. The van der Waals surface area contributed by atoms with Gasteiger partial charge in [0.25, 0.3) is 0 Å². The Labute approximate surface area is 133 Å². The fourth-order valence-electron chi connectivity index (χ4n) is 2.79. The maximum atomic E-state index is 12.4. The number of carbonyl (C=O) groups is 1. The molecule has 5 nitrogen and oxygen atoms in total. The third kappa shape index (κ3) is 5.53. The van der Waals surface area contributed by atoms with E-state index in [9.17, 15) is 18.0 Å². The van der Waals surface area contributed by atoms with Crippen LogP contribution in [0.3, 0.4) is 0 Å². The van der Waals surface area contributed by atoms with Crippen LogP contribution in [0.25, 0.3) is 0 Å². The number of anilines is 1. The van der Waals surface area contributed by atoms with Crippen molar-refractivity contribution in [2.75, 3.05) is 25.0 Å². The highest BCUT2D eigenvalue weighted by Gasteiger charge is 2.34. The van der Waals surface area contributed by atoms with E-state index >= 15 is 0 Å². The monoisotopic (exact) mass is 332 g/mol. The lowest BCUT2D eigenvalue weighted by molar-refractivity contribution is -0.149. The van der Waals surface area contributed by atoms with Gasteiger partial charge in [-0.25, -0.2) is 4.98 Å². The second kappa shape index (κ2) is 7.33. The van der Waals surface area contributed by atoms with Crippen molar-refractivity contribution in [2.45, 2.75) is 39.4 Å². The molecule has 1 aromatic heterocycles. The number of piperidine rings is 1. The zero-order valence-corrected chi connectivity index (χ0v) is 13.4. The molecule has 1 aliphatic rings. The fraction of sp³-hybridized carbons (Fsp3) is 0.733. The summed E-state index contributed by atoms with van der Waals surface area (Å²) in [6.45, 7) is 4.57. The molecular formula is C15H23F3N4O. The van der Waals surface area contributed by atoms with E-state index in [0.717, 1.165) is 6.54 Å². The first-order valence-electron chi connectivity index (χ1n) is 7.85. The third-order valence-corrected chi connectivity index (χ3v) is 3.87. The van der Waals surface area contributed by atoms with E-state index in [4.69, 9.17) is 0 Å². The van der Waals surface area contributed by atoms with Crippen molar-refractivity contribution < 1.29 is 18.0 Å². The standard InChI is InChI=1S/C15H23F3N4O/c1-11(2)9-22-8-5-19-14(22)20-13(23)12-3-6-21(7-4-12)10-15(16,17)18/h5,8,11-12H,3-4,6-7,9-10H2,1-2H3,(H,19,20,23). The minimum atomic E-state index is -4.18. The van der Waals surface area contributed by atoms with E-state index in [1.165, 1.54) is 4.90 Å². The zero-order valence-electron chi connectivity index (χ0n) is 13.4. The summed E-state index contributed by atoms with van der Waals surface area (Å²) < 4.78 is 39.0. The summed E-state index contributed by atoms with van der Waals surface area (Å²) >= 11 is 0. The number of imidazole rings is 1. The molecule has 0 saturated carbocycles. The molecule has 0 unspecified atom stereocenters. The summed E-state index contributed by atoms with van der Waals surface area (Å²) in [5.74, 6) is 0.503. The van der Waals surface area contributed by atoms with Crippen LogP contribution in [0.4, 0.5) is 19.1 Å². The second-order valence-corrected chi connectivity index (χ2v) is 6.45. The van der Waals surface area contributed by atoms with E-state index in [2.05, 4.69) is 24.1 Å². The average molecular weight is 332 g/mol. The Morgan fingerprint density at radius 1 is 1.39 bits per heavy atom. The number of halogens is 3. The summed E-state index contributed by atoms with van der Waals surface area (Å²) in [6.07, 6.45) is 0.127. The Kier molecular flexibility index (Phi) is 5.67. The Morgan fingerprint density at radius 2 is 2.04 bits per heavy atom. The third-order valence-electron chi connectivity index (χ3n) is 3.87. The van der Waals surface area contributed by atoms with Crippen LogP contribution in [0.5, 0.6) is 0 Å². The van der Waals surface area contributed by atoms with Gasteiger partial charge in [-0.3, -0.25) is 15.0 Å². The Hall–Kier alpha value is -1.57. The van der Waals surface area contributed by atoms with Crippen molar-refractivity contribution in [3.8, 4) is 0 Å². The number of hydrogen-bond acceptors (Lipinski definition) is 3. The number of aromatic nitrogens is 2. The lowest BCUT2D eigenvalue weighted by Crippen LogP contribution is -2.42. The molecule has 0 bridgehead atoms. The van der Waals surface area contributed by atoms with Gasteiger partial charge in [0, 0.05) is 24.9 Å². The maximum absolute atomic E-state index is 12.4. The molecule has 1 aromatic rings. The van der Waals surface area contributed by atoms with Gasteiger partial charge < -0.3 is 4.57 Å². The van der Waals surface area contributed by atoms with Crippen LogP contribution in [0.2, 0.25) is 0 Å². The molecule has 1 fully saturated rings. The van der Waals surface area contributed by atoms with Crippen molar-refractivity contribution in [3.05, 3.63) is 12.4 Å². The van der Waals surface area contributed by atoms with Gasteiger partial charge in [-0.15, -0.1) is 0 Å². The van der Waals surface area contributed by atoms with Gasteiger partial charge >= 0.3 is 6.18 Å². The number of rotatable bonds is 5. The lowest BCUT2D eigenvalue weighted by atomic mass is 9.96. The van der Waals surface area contributed by atoms with Gasteiger partial charge in [0.05, 0.1) is 6.54 Å². The Balaban J connectivity index is 1.85. The van der Waals surface area contributed by atoms with Crippen molar-refractivity contribution in [3.63, 3.8) is 0 Å². The topological polar surface area (TPSA) is 50.2 Å². The van der Waals surface area contributed by atoms with Crippen LogP contribution in [0.15, 0.2) is 12.4 Å². The SMILES string of the molecule is CC(C)Cn1ccnc1NC(=O)C1CCN(CC(F)(F)F)CC1. The molecule has 0 atom stereocenters. The summed E-state index contributed by atoms with van der Waals surface area (Å²) in [6, 6.07) is 0. The van der Waals surface area contributed by atoms with E-state index in [-0.39, 0.29) is 24.9 Å². The molecule has 0 radical (unpaired) electrons.